The highest BCUT2D eigenvalue weighted by molar-refractivity contribution is 5.17. The topological polar surface area (TPSA) is 60.7 Å². The monoisotopic (exact) mass is 336 g/mol. The number of rotatable bonds is 1. The van der Waals surface area contributed by atoms with Crippen molar-refractivity contribution in [3.05, 3.63) is 0 Å². The molecule has 0 aromatic carbocycles. The number of fused-ring (bicyclic) bond motifs is 5. The fraction of sp³-hybridized carbons (Fsp3) is 1.00. The number of aliphatic hydroxyl groups is 3. The Bertz CT molecular complexity index is 505. The van der Waals surface area contributed by atoms with Crippen LogP contribution in [-0.2, 0) is 0 Å². The summed E-state index contributed by atoms with van der Waals surface area (Å²) in [6.45, 7) is 6.62. The van der Waals surface area contributed by atoms with E-state index in [2.05, 4.69) is 13.8 Å². The average Bonchev–Trinajstić information content (AvgIpc) is 2.80. The minimum atomic E-state index is -0.596. The minimum absolute atomic E-state index is 0.109. The van der Waals surface area contributed by atoms with Crippen LogP contribution in [0.5, 0.6) is 0 Å². The Kier molecular flexibility index (Phi) is 3.92. The van der Waals surface area contributed by atoms with Crippen molar-refractivity contribution in [2.75, 3.05) is 0 Å². The van der Waals surface area contributed by atoms with Gasteiger partial charge in [0, 0.05) is 5.41 Å². The molecule has 0 bridgehead atoms. The second-order valence-corrected chi connectivity index (χ2v) is 10.2. The Morgan fingerprint density at radius 2 is 1.67 bits per heavy atom. The molecule has 0 heterocycles. The van der Waals surface area contributed by atoms with Gasteiger partial charge in [0.15, 0.2) is 0 Å². The van der Waals surface area contributed by atoms with Crippen molar-refractivity contribution < 1.29 is 15.3 Å². The summed E-state index contributed by atoms with van der Waals surface area (Å²) < 4.78 is 0. The van der Waals surface area contributed by atoms with E-state index in [1.165, 1.54) is 6.42 Å². The lowest BCUT2D eigenvalue weighted by molar-refractivity contribution is -0.215. The maximum absolute atomic E-state index is 11.9. The normalized spacial score (nSPS) is 58.5. The summed E-state index contributed by atoms with van der Waals surface area (Å²) in [5.41, 5.74) is -0.427. The zero-order chi connectivity index (χ0) is 17.3. The van der Waals surface area contributed by atoms with E-state index in [0.29, 0.717) is 23.2 Å². The van der Waals surface area contributed by atoms with Crippen molar-refractivity contribution in [1.82, 2.24) is 0 Å². The Morgan fingerprint density at radius 3 is 2.38 bits per heavy atom. The first-order valence-electron chi connectivity index (χ1n) is 10.3. The van der Waals surface area contributed by atoms with E-state index >= 15 is 0 Å². The summed E-state index contributed by atoms with van der Waals surface area (Å²) in [5.74, 6) is 1.85. The van der Waals surface area contributed by atoms with Crippen molar-refractivity contribution in [1.29, 1.82) is 0 Å². The van der Waals surface area contributed by atoms with Gasteiger partial charge in [0.1, 0.15) is 0 Å². The van der Waals surface area contributed by atoms with Crippen LogP contribution in [0.15, 0.2) is 0 Å². The SMILES string of the molecule is C[C@H](O)[C@H]1CC[C@]2(O)[C@@H]3CC[C@@H]4C[C@@H](O)CC[C@]4(C)[C@H]3CC[C@]12C. The average molecular weight is 337 g/mol. The highest BCUT2D eigenvalue weighted by Gasteiger charge is 2.67. The molecule has 138 valence electrons. The molecule has 3 N–H and O–H groups in total. The molecule has 4 aliphatic rings. The molecule has 0 aromatic heterocycles. The zero-order valence-corrected chi connectivity index (χ0v) is 15.7. The highest BCUT2D eigenvalue weighted by atomic mass is 16.3. The fourth-order valence-electron chi connectivity index (χ4n) is 8.02. The number of hydrogen-bond donors (Lipinski definition) is 3. The Labute approximate surface area is 146 Å². The summed E-state index contributed by atoms with van der Waals surface area (Å²) >= 11 is 0. The van der Waals surface area contributed by atoms with Gasteiger partial charge >= 0.3 is 0 Å². The second kappa shape index (κ2) is 5.44. The molecular formula is C21H36O3. The first kappa shape index (κ1) is 17.3. The summed E-state index contributed by atoms with van der Waals surface area (Å²) in [6.07, 6.45) is 8.92. The van der Waals surface area contributed by atoms with Crippen LogP contribution in [-0.4, -0.2) is 33.1 Å². The van der Waals surface area contributed by atoms with Gasteiger partial charge in [-0.3, -0.25) is 0 Å². The Balaban J connectivity index is 1.66. The first-order valence-corrected chi connectivity index (χ1v) is 10.3. The van der Waals surface area contributed by atoms with Crippen LogP contribution in [0.1, 0.15) is 78.6 Å². The quantitative estimate of drug-likeness (QED) is 0.687. The lowest BCUT2D eigenvalue weighted by atomic mass is 9.43. The first-order chi connectivity index (χ1) is 11.2. The van der Waals surface area contributed by atoms with Crippen LogP contribution in [0.4, 0.5) is 0 Å². The van der Waals surface area contributed by atoms with Crippen LogP contribution in [0, 0.1) is 34.5 Å². The van der Waals surface area contributed by atoms with E-state index in [1.807, 2.05) is 6.92 Å². The van der Waals surface area contributed by atoms with Gasteiger partial charge in [-0.05, 0) is 93.8 Å². The molecule has 0 radical (unpaired) electrons. The summed E-state index contributed by atoms with van der Waals surface area (Å²) in [7, 11) is 0. The van der Waals surface area contributed by atoms with Crippen molar-refractivity contribution in [2.24, 2.45) is 34.5 Å². The molecule has 0 amide bonds. The minimum Gasteiger partial charge on any atom is -0.393 e. The molecule has 24 heavy (non-hydrogen) atoms. The molecule has 9 atom stereocenters. The van der Waals surface area contributed by atoms with Gasteiger partial charge in [0.05, 0.1) is 17.8 Å². The lowest BCUT2D eigenvalue weighted by Gasteiger charge is -2.63. The number of hydrogen-bond acceptors (Lipinski definition) is 3. The third-order valence-corrected chi connectivity index (χ3v) is 9.48. The van der Waals surface area contributed by atoms with Gasteiger partial charge < -0.3 is 15.3 Å². The Morgan fingerprint density at radius 1 is 0.917 bits per heavy atom. The Hall–Kier alpha value is -0.120. The smallest absolute Gasteiger partial charge is 0.0735 e. The molecule has 3 nitrogen and oxygen atoms in total. The molecule has 3 heteroatoms. The molecule has 0 spiro atoms. The summed E-state index contributed by atoms with van der Waals surface area (Å²) in [6, 6.07) is 0. The summed E-state index contributed by atoms with van der Waals surface area (Å²) in [4.78, 5) is 0. The molecule has 4 aliphatic carbocycles. The van der Waals surface area contributed by atoms with Crippen molar-refractivity contribution >= 4 is 0 Å². The fourth-order valence-corrected chi connectivity index (χ4v) is 8.02. The lowest BCUT2D eigenvalue weighted by Crippen LogP contribution is -2.62. The van der Waals surface area contributed by atoms with Crippen LogP contribution in [0.3, 0.4) is 0 Å². The van der Waals surface area contributed by atoms with E-state index in [4.69, 9.17) is 0 Å². The van der Waals surface area contributed by atoms with Crippen LogP contribution >= 0.6 is 0 Å². The standard InChI is InChI=1S/C21H36O3/c1-13(22)16-8-11-21(24)18-5-4-14-12-15(23)6-9-19(14,2)17(18)7-10-20(16,21)3/h13-18,22-24H,4-12H2,1-3H3/t13-,14+,15-,16+,17-,18+,19-,20+,21-/m0/s1. The van der Waals surface area contributed by atoms with E-state index in [9.17, 15) is 15.3 Å². The van der Waals surface area contributed by atoms with Gasteiger partial charge in [-0.2, -0.15) is 0 Å². The molecule has 0 saturated heterocycles. The molecule has 4 fully saturated rings. The van der Waals surface area contributed by atoms with E-state index in [-0.39, 0.29) is 23.5 Å². The van der Waals surface area contributed by atoms with Crippen LogP contribution < -0.4 is 0 Å². The third kappa shape index (κ3) is 2.07. The molecule has 0 aromatic rings. The zero-order valence-electron chi connectivity index (χ0n) is 15.7. The van der Waals surface area contributed by atoms with E-state index in [1.54, 1.807) is 0 Å². The van der Waals surface area contributed by atoms with Crippen LogP contribution in [0.25, 0.3) is 0 Å². The summed E-state index contributed by atoms with van der Waals surface area (Å²) in [5, 5.41) is 32.3. The van der Waals surface area contributed by atoms with Gasteiger partial charge in [-0.25, -0.2) is 0 Å². The molecule has 4 saturated carbocycles. The van der Waals surface area contributed by atoms with Crippen molar-refractivity contribution in [2.45, 2.75) is 96.4 Å². The van der Waals surface area contributed by atoms with Gasteiger partial charge in [-0.15, -0.1) is 0 Å². The largest absolute Gasteiger partial charge is 0.393 e. The van der Waals surface area contributed by atoms with Gasteiger partial charge in [0.25, 0.3) is 0 Å². The number of aliphatic hydroxyl groups excluding tert-OH is 2. The molecule has 0 aliphatic heterocycles. The van der Waals surface area contributed by atoms with E-state index in [0.717, 1.165) is 51.4 Å². The van der Waals surface area contributed by atoms with Crippen molar-refractivity contribution in [3.8, 4) is 0 Å². The molecule has 4 rings (SSSR count). The van der Waals surface area contributed by atoms with Gasteiger partial charge in [-0.1, -0.05) is 13.8 Å². The second-order valence-electron chi connectivity index (χ2n) is 10.2. The van der Waals surface area contributed by atoms with E-state index < -0.39 is 5.60 Å². The van der Waals surface area contributed by atoms with Crippen molar-refractivity contribution in [3.63, 3.8) is 0 Å². The third-order valence-electron chi connectivity index (χ3n) is 9.48. The highest BCUT2D eigenvalue weighted by Crippen LogP contribution is 2.69. The molecular weight excluding hydrogens is 300 g/mol. The maximum atomic E-state index is 11.9. The van der Waals surface area contributed by atoms with Gasteiger partial charge in [0.2, 0.25) is 0 Å². The maximum Gasteiger partial charge on any atom is 0.0735 e. The predicted molar refractivity (Wildman–Crippen MR) is 94.4 cm³/mol. The van der Waals surface area contributed by atoms with Crippen LogP contribution in [0.2, 0.25) is 0 Å². The molecule has 0 unspecified atom stereocenters. The predicted octanol–water partition coefficient (Wildman–Crippen LogP) is 3.50.